The number of nitrogens with zero attached hydrogens (tertiary/aromatic N) is 2. The van der Waals surface area contributed by atoms with E-state index < -0.39 is 0 Å². The van der Waals surface area contributed by atoms with Gasteiger partial charge >= 0.3 is 6.01 Å². The Morgan fingerprint density at radius 1 is 1.00 bits per heavy atom. The normalized spacial score (nSPS) is 13.9. The van der Waals surface area contributed by atoms with Crippen LogP contribution in [0, 0.1) is 0 Å². The van der Waals surface area contributed by atoms with Crippen LogP contribution in [0.15, 0.2) is 59.3 Å². The highest BCUT2D eigenvalue weighted by Gasteiger charge is 2.19. The summed E-state index contributed by atoms with van der Waals surface area (Å²) in [5, 5.41) is 2.32. The highest BCUT2D eigenvalue weighted by molar-refractivity contribution is 6.05. The topological polar surface area (TPSA) is 19.2 Å². The predicted octanol–water partition coefficient (Wildman–Crippen LogP) is 4.70. The third-order valence-electron chi connectivity index (χ3n) is 4.02. The highest BCUT2D eigenvalue weighted by atomic mass is 16.3. The standard InChI is InChI=1S/C19H18N2O/c1-2-3-10-20-11-12-21(14-20)15-8-9-17-16-6-4-5-7-18(16)22-19(17)13-15/h4-9,11-13H,2-3,10H2,1H3/q+2. The molecule has 1 aromatic heterocycles. The largest absolute Gasteiger partial charge is 0.495 e. The molecule has 0 saturated carbocycles. The van der Waals surface area contributed by atoms with Gasteiger partial charge in [0.25, 0.3) is 6.20 Å². The molecule has 0 atom stereocenters. The van der Waals surface area contributed by atoms with Crippen LogP contribution in [0.3, 0.4) is 0 Å². The van der Waals surface area contributed by atoms with E-state index in [-0.39, 0.29) is 0 Å². The van der Waals surface area contributed by atoms with Crippen LogP contribution in [0.1, 0.15) is 19.8 Å². The van der Waals surface area contributed by atoms with Gasteiger partial charge in [0.2, 0.25) is 11.9 Å². The monoisotopic (exact) mass is 290 g/mol. The average molecular weight is 290 g/mol. The molecule has 0 N–H and O–H groups in total. The number of furan rings is 1. The lowest BCUT2D eigenvalue weighted by molar-refractivity contribution is -0.460. The van der Waals surface area contributed by atoms with Crippen LogP contribution in [0.5, 0.6) is 0 Å². The van der Waals surface area contributed by atoms with E-state index >= 15 is 0 Å². The van der Waals surface area contributed by atoms with Crippen LogP contribution in [0.2, 0.25) is 0 Å². The zero-order chi connectivity index (χ0) is 14.9. The number of unbranched alkanes of at least 4 members (excludes halogenated alkanes) is 1. The molecule has 3 aromatic rings. The summed E-state index contributed by atoms with van der Waals surface area (Å²) in [5.74, 6) is 0. The molecule has 0 unspecified atom stereocenters. The summed E-state index contributed by atoms with van der Waals surface area (Å²) in [4.78, 5) is 0. The number of para-hydroxylation sites is 1. The van der Waals surface area contributed by atoms with Gasteiger partial charge in [-0.25, -0.2) is 0 Å². The molecule has 0 bridgehead atoms. The van der Waals surface area contributed by atoms with Crippen LogP contribution in [0.4, 0.5) is 5.69 Å². The van der Waals surface area contributed by atoms with Crippen molar-refractivity contribution >= 4 is 33.6 Å². The summed E-state index contributed by atoms with van der Waals surface area (Å²) in [6.07, 6.45) is 6.47. The number of rotatable bonds is 4. The van der Waals surface area contributed by atoms with Gasteiger partial charge < -0.3 is 4.42 Å². The van der Waals surface area contributed by atoms with Crippen molar-refractivity contribution in [2.75, 3.05) is 6.54 Å². The minimum atomic E-state index is 0.918. The first-order chi connectivity index (χ1) is 10.8. The summed E-state index contributed by atoms with van der Waals surface area (Å²) in [7, 11) is 0. The van der Waals surface area contributed by atoms with Crippen LogP contribution in [0.25, 0.3) is 21.9 Å². The minimum Gasteiger partial charge on any atom is -0.456 e. The summed E-state index contributed by atoms with van der Waals surface area (Å²) >= 11 is 0. The number of hydrogen-bond donors (Lipinski definition) is 0. The second-order valence-corrected chi connectivity index (χ2v) is 5.59. The van der Waals surface area contributed by atoms with Crippen LogP contribution in [-0.4, -0.2) is 21.7 Å². The third kappa shape index (κ3) is 2.16. The second kappa shape index (κ2) is 5.28. The Labute approximate surface area is 129 Å². The molecule has 1 aliphatic heterocycles. The van der Waals surface area contributed by atoms with Gasteiger partial charge in [-0.15, -0.1) is 0 Å². The fourth-order valence-electron chi connectivity index (χ4n) is 2.81. The SMILES string of the molecule is CCCC[N+]1=C=[N+](c2ccc3c(c2)oc2ccccc23)C=C1. The molecule has 1 aliphatic rings. The summed E-state index contributed by atoms with van der Waals surface area (Å²) in [6.45, 7) is 3.21. The van der Waals surface area contributed by atoms with Crippen LogP contribution < -0.4 is 0 Å². The molecule has 0 spiro atoms. The third-order valence-corrected chi connectivity index (χ3v) is 4.02. The van der Waals surface area contributed by atoms with E-state index in [2.05, 4.69) is 48.0 Å². The molecular formula is C19H18N2O+2. The van der Waals surface area contributed by atoms with E-state index in [1.54, 1.807) is 0 Å². The maximum atomic E-state index is 5.95. The smallest absolute Gasteiger partial charge is 0.456 e. The van der Waals surface area contributed by atoms with E-state index in [4.69, 9.17) is 4.42 Å². The zero-order valence-corrected chi connectivity index (χ0v) is 12.6. The maximum Gasteiger partial charge on any atom is 0.495 e. The van der Waals surface area contributed by atoms with Crippen molar-refractivity contribution in [1.29, 1.82) is 0 Å². The second-order valence-electron chi connectivity index (χ2n) is 5.59. The number of benzene rings is 2. The molecule has 0 fully saturated rings. The van der Waals surface area contributed by atoms with Gasteiger partial charge in [0.15, 0.2) is 6.54 Å². The molecule has 0 aliphatic carbocycles. The Hall–Kier alpha value is -2.64. The molecule has 3 nitrogen and oxygen atoms in total. The summed E-state index contributed by atoms with van der Waals surface area (Å²) < 4.78 is 10.1. The van der Waals surface area contributed by atoms with E-state index in [9.17, 15) is 0 Å². The van der Waals surface area contributed by atoms with Crippen molar-refractivity contribution in [3.63, 3.8) is 0 Å². The quantitative estimate of drug-likeness (QED) is 0.637. The molecule has 3 heteroatoms. The molecule has 0 amide bonds. The zero-order valence-electron chi connectivity index (χ0n) is 12.6. The van der Waals surface area contributed by atoms with Crippen LogP contribution in [-0.2, 0) is 0 Å². The van der Waals surface area contributed by atoms with Crippen molar-refractivity contribution in [3.05, 3.63) is 54.9 Å². The molecule has 22 heavy (non-hydrogen) atoms. The lowest BCUT2D eigenvalue weighted by Crippen LogP contribution is -2.02. The van der Waals surface area contributed by atoms with Gasteiger partial charge in [-0.05, 0) is 12.1 Å². The van der Waals surface area contributed by atoms with Crippen molar-refractivity contribution in [3.8, 4) is 0 Å². The van der Waals surface area contributed by atoms with E-state index in [1.807, 2.05) is 29.0 Å². The van der Waals surface area contributed by atoms with E-state index in [0.717, 1.165) is 28.8 Å². The van der Waals surface area contributed by atoms with Crippen molar-refractivity contribution in [2.24, 2.45) is 0 Å². The first-order valence-corrected chi connectivity index (χ1v) is 7.77. The van der Waals surface area contributed by atoms with Gasteiger partial charge in [0, 0.05) is 23.3 Å². The molecule has 4 rings (SSSR count). The minimum absolute atomic E-state index is 0.918. The molecule has 108 valence electrons. The summed E-state index contributed by atoms with van der Waals surface area (Å²) in [6, 6.07) is 17.8. The van der Waals surface area contributed by atoms with Gasteiger partial charge in [-0.1, -0.05) is 40.7 Å². The Morgan fingerprint density at radius 3 is 2.77 bits per heavy atom. The van der Waals surface area contributed by atoms with Crippen molar-refractivity contribution in [1.82, 2.24) is 0 Å². The molecular weight excluding hydrogens is 272 g/mol. The van der Waals surface area contributed by atoms with Crippen LogP contribution >= 0.6 is 0 Å². The number of fused-ring (bicyclic) bond motifs is 3. The average Bonchev–Trinajstić information content (AvgIpc) is 3.16. The van der Waals surface area contributed by atoms with Gasteiger partial charge in [-0.3, -0.25) is 0 Å². The van der Waals surface area contributed by atoms with Crippen molar-refractivity contribution in [2.45, 2.75) is 19.8 Å². The van der Waals surface area contributed by atoms with E-state index in [1.165, 1.54) is 18.2 Å². The Bertz CT molecular complexity index is 956. The lowest BCUT2D eigenvalue weighted by atomic mass is 10.1. The van der Waals surface area contributed by atoms with Gasteiger partial charge in [0.05, 0.1) is 6.07 Å². The first kappa shape index (κ1) is 13.1. The molecule has 0 saturated heterocycles. The molecule has 0 radical (unpaired) electrons. The van der Waals surface area contributed by atoms with Gasteiger partial charge in [-0.2, -0.15) is 0 Å². The predicted molar refractivity (Wildman–Crippen MR) is 87.8 cm³/mol. The Balaban J connectivity index is 1.79. The Kier molecular flexibility index (Phi) is 3.14. The highest BCUT2D eigenvalue weighted by Crippen LogP contribution is 2.31. The fraction of sp³-hybridized carbons (Fsp3) is 0.211. The van der Waals surface area contributed by atoms with E-state index in [0.29, 0.717) is 0 Å². The summed E-state index contributed by atoms with van der Waals surface area (Å²) in [5.41, 5.74) is 2.92. The number of hydrogen-bond acceptors (Lipinski definition) is 1. The van der Waals surface area contributed by atoms with Gasteiger partial charge in [0.1, 0.15) is 11.2 Å². The molecule has 2 aromatic carbocycles. The first-order valence-electron chi connectivity index (χ1n) is 7.77. The fourth-order valence-corrected chi connectivity index (χ4v) is 2.81. The Morgan fingerprint density at radius 2 is 1.86 bits per heavy atom. The lowest BCUT2D eigenvalue weighted by Gasteiger charge is -1.90. The van der Waals surface area contributed by atoms with Crippen molar-refractivity contribution < 1.29 is 13.6 Å². The maximum absolute atomic E-state index is 5.95. The molecule has 2 heterocycles.